The zero-order valence-electron chi connectivity index (χ0n) is 13.2. The highest BCUT2D eigenvalue weighted by Crippen LogP contribution is 2.31. The topological polar surface area (TPSA) is 56.8 Å². The largest absolute Gasteiger partial charge is 0.492 e. The summed E-state index contributed by atoms with van der Waals surface area (Å²) >= 11 is 0. The molecule has 5 nitrogen and oxygen atoms in total. The molecule has 0 aliphatic carbocycles. The third kappa shape index (κ3) is 4.52. The number of carbonyl (C=O) groups excluding carboxylic acids is 1. The molecule has 0 aromatic heterocycles. The van der Waals surface area contributed by atoms with E-state index in [0.717, 1.165) is 17.1 Å². The summed E-state index contributed by atoms with van der Waals surface area (Å²) in [4.78, 5) is 11.8. The van der Waals surface area contributed by atoms with Gasteiger partial charge in [-0.2, -0.15) is 0 Å². The number of hydrogen-bond acceptors (Lipinski definition) is 4. The minimum atomic E-state index is -0.165. The van der Waals surface area contributed by atoms with Crippen LogP contribution in [0, 0.1) is 0 Å². The van der Waals surface area contributed by atoms with E-state index in [1.54, 1.807) is 6.08 Å². The van der Waals surface area contributed by atoms with Gasteiger partial charge >= 0.3 is 0 Å². The fourth-order valence-corrected chi connectivity index (χ4v) is 2.25. The molecule has 0 atom stereocenters. The summed E-state index contributed by atoms with van der Waals surface area (Å²) in [6.07, 6.45) is 3.24. The molecule has 2 aromatic rings. The van der Waals surface area contributed by atoms with Gasteiger partial charge in [0.15, 0.2) is 11.5 Å². The summed E-state index contributed by atoms with van der Waals surface area (Å²) in [6, 6.07) is 15.1. The Labute approximate surface area is 140 Å². The van der Waals surface area contributed by atoms with E-state index in [-0.39, 0.29) is 5.91 Å². The summed E-state index contributed by atoms with van der Waals surface area (Å²) in [6.45, 7) is 1.98. The normalized spacial score (nSPS) is 12.8. The van der Waals surface area contributed by atoms with Crippen LogP contribution in [0.15, 0.2) is 54.6 Å². The monoisotopic (exact) mass is 325 g/mol. The van der Waals surface area contributed by atoms with Gasteiger partial charge < -0.3 is 19.5 Å². The van der Waals surface area contributed by atoms with E-state index in [4.69, 9.17) is 14.2 Å². The molecule has 0 spiro atoms. The number of para-hydroxylation sites is 1. The first kappa shape index (κ1) is 15.9. The molecule has 1 aliphatic heterocycles. The van der Waals surface area contributed by atoms with Crippen molar-refractivity contribution in [3.05, 3.63) is 60.2 Å². The summed E-state index contributed by atoms with van der Waals surface area (Å²) in [5.74, 6) is 2.07. The van der Waals surface area contributed by atoms with E-state index in [9.17, 15) is 4.79 Å². The Hall–Kier alpha value is -2.95. The second-order valence-corrected chi connectivity index (χ2v) is 5.19. The molecular formula is C19H19NO4. The van der Waals surface area contributed by atoms with Crippen molar-refractivity contribution in [3.8, 4) is 17.2 Å². The molecule has 0 saturated heterocycles. The SMILES string of the molecule is O=C(/C=C/c1ccc2c(c1)OCCO2)NCCOc1ccccc1. The maximum atomic E-state index is 11.8. The van der Waals surface area contributed by atoms with Gasteiger partial charge in [0, 0.05) is 6.08 Å². The van der Waals surface area contributed by atoms with Crippen molar-refractivity contribution in [1.29, 1.82) is 0 Å². The van der Waals surface area contributed by atoms with Crippen molar-refractivity contribution in [2.75, 3.05) is 26.4 Å². The number of ether oxygens (including phenoxy) is 3. The zero-order valence-corrected chi connectivity index (χ0v) is 13.2. The molecule has 1 amide bonds. The number of hydrogen-bond donors (Lipinski definition) is 1. The van der Waals surface area contributed by atoms with Gasteiger partial charge in [-0.25, -0.2) is 0 Å². The second kappa shape index (κ2) is 8.06. The fourth-order valence-electron chi connectivity index (χ4n) is 2.25. The Morgan fingerprint density at radius 2 is 1.88 bits per heavy atom. The highest BCUT2D eigenvalue weighted by atomic mass is 16.6. The molecule has 0 radical (unpaired) electrons. The van der Waals surface area contributed by atoms with Crippen LogP contribution >= 0.6 is 0 Å². The van der Waals surface area contributed by atoms with Crippen molar-refractivity contribution in [2.45, 2.75) is 0 Å². The number of carbonyl (C=O) groups is 1. The van der Waals surface area contributed by atoms with Crippen LogP contribution in [0.1, 0.15) is 5.56 Å². The standard InChI is InChI=1S/C19H19NO4/c21-19(20-10-11-22-16-4-2-1-3-5-16)9-7-15-6-8-17-18(14-15)24-13-12-23-17/h1-9,14H,10-13H2,(H,20,21)/b9-7+. The fraction of sp³-hybridized carbons (Fsp3) is 0.211. The molecule has 5 heteroatoms. The van der Waals surface area contributed by atoms with Crippen LogP contribution in [0.25, 0.3) is 6.08 Å². The van der Waals surface area contributed by atoms with Gasteiger partial charge in [0.05, 0.1) is 6.54 Å². The quantitative estimate of drug-likeness (QED) is 0.655. The molecule has 0 bridgehead atoms. The first-order chi connectivity index (χ1) is 11.8. The van der Waals surface area contributed by atoms with E-state index >= 15 is 0 Å². The maximum absolute atomic E-state index is 11.8. The third-order valence-electron chi connectivity index (χ3n) is 3.41. The first-order valence-electron chi connectivity index (χ1n) is 7.85. The van der Waals surface area contributed by atoms with Crippen LogP contribution in [-0.2, 0) is 4.79 Å². The van der Waals surface area contributed by atoms with E-state index < -0.39 is 0 Å². The Balaban J connectivity index is 1.43. The lowest BCUT2D eigenvalue weighted by atomic mass is 10.2. The Bertz CT molecular complexity index is 713. The van der Waals surface area contributed by atoms with Crippen molar-refractivity contribution >= 4 is 12.0 Å². The minimum absolute atomic E-state index is 0.165. The van der Waals surface area contributed by atoms with Crippen molar-refractivity contribution in [1.82, 2.24) is 5.32 Å². The lowest BCUT2D eigenvalue weighted by Gasteiger charge is -2.18. The molecule has 0 fully saturated rings. The first-order valence-corrected chi connectivity index (χ1v) is 7.85. The van der Waals surface area contributed by atoms with Gasteiger partial charge in [-0.3, -0.25) is 4.79 Å². The molecule has 0 unspecified atom stereocenters. The number of nitrogens with one attached hydrogen (secondary N) is 1. The lowest BCUT2D eigenvalue weighted by molar-refractivity contribution is -0.116. The Kier molecular flexibility index (Phi) is 5.35. The van der Waals surface area contributed by atoms with Gasteiger partial charge in [0.25, 0.3) is 0 Å². The molecule has 1 heterocycles. The summed E-state index contributed by atoms with van der Waals surface area (Å²) in [5.41, 5.74) is 0.884. The van der Waals surface area contributed by atoms with Crippen LogP contribution in [0.3, 0.4) is 0 Å². The summed E-state index contributed by atoms with van der Waals surface area (Å²) in [5, 5.41) is 2.78. The smallest absolute Gasteiger partial charge is 0.244 e. The van der Waals surface area contributed by atoms with Crippen LogP contribution in [0.4, 0.5) is 0 Å². The number of fused-ring (bicyclic) bond motifs is 1. The molecule has 2 aromatic carbocycles. The third-order valence-corrected chi connectivity index (χ3v) is 3.41. The van der Waals surface area contributed by atoms with Crippen molar-refractivity contribution in [2.24, 2.45) is 0 Å². The van der Waals surface area contributed by atoms with Crippen LogP contribution < -0.4 is 19.5 Å². The maximum Gasteiger partial charge on any atom is 0.244 e. The highest BCUT2D eigenvalue weighted by Gasteiger charge is 2.10. The second-order valence-electron chi connectivity index (χ2n) is 5.19. The Morgan fingerprint density at radius 1 is 1.08 bits per heavy atom. The lowest BCUT2D eigenvalue weighted by Crippen LogP contribution is -2.26. The van der Waals surface area contributed by atoms with Crippen LogP contribution in [0.5, 0.6) is 17.2 Å². The number of benzene rings is 2. The van der Waals surface area contributed by atoms with Gasteiger partial charge in [-0.1, -0.05) is 24.3 Å². The predicted octanol–water partition coefficient (Wildman–Crippen LogP) is 2.67. The van der Waals surface area contributed by atoms with E-state index in [0.29, 0.717) is 32.1 Å². The van der Waals surface area contributed by atoms with Crippen LogP contribution in [-0.4, -0.2) is 32.3 Å². The minimum Gasteiger partial charge on any atom is -0.492 e. The number of amides is 1. The molecule has 24 heavy (non-hydrogen) atoms. The van der Waals surface area contributed by atoms with E-state index in [1.807, 2.05) is 48.5 Å². The molecular weight excluding hydrogens is 306 g/mol. The Morgan fingerprint density at radius 3 is 2.71 bits per heavy atom. The van der Waals surface area contributed by atoms with E-state index in [2.05, 4.69) is 5.32 Å². The molecule has 0 saturated carbocycles. The molecule has 124 valence electrons. The average Bonchev–Trinajstić information content (AvgIpc) is 2.64. The van der Waals surface area contributed by atoms with E-state index in [1.165, 1.54) is 6.08 Å². The van der Waals surface area contributed by atoms with Crippen molar-refractivity contribution in [3.63, 3.8) is 0 Å². The summed E-state index contributed by atoms with van der Waals surface area (Å²) < 4.78 is 16.5. The molecule has 1 N–H and O–H groups in total. The van der Waals surface area contributed by atoms with Gasteiger partial charge in [-0.15, -0.1) is 0 Å². The van der Waals surface area contributed by atoms with Crippen molar-refractivity contribution < 1.29 is 19.0 Å². The van der Waals surface area contributed by atoms with Crippen LogP contribution in [0.2, 0.25) is 0 Å². The average molecular weight is 325 g/mol. The van der Waals surface area contributed by atoms with Gasteiger partial charge in [0.1, 0.15) is 25.6 Å². The van der Waals surface area contributed by atoms with Gasteiger partial charge in [-0.05, 0) is 35.9 Å². The zero-order chi connectivity index (χ0) is 16.6. The summed E-state index contributed by atoms with van der Waals surface area (Å²) in [7, 11) is 0. The molecule has 3 rings (SSSR count). The predicted molar refractivity (Wildman–Crippen MR) is 91.4 cm³/mol. The number of rotatable bonds is 6. The highest BCUT2D eigenvalue weighted by molar-refractivity contribution is 5.91. The molecule has 1 aliphatic rings. The van der Waals surface area contributed by atoms with Gasteiger partial charge in [0.2, 0.25) is 5.91 Å².